The van der Waals surface area contributed by atoms with Gasteiger partial charge >= 0.3 is 0 Å². The number of carbonyl (C=O) groups is 1. The molecule has 0 saturated heterocycles. The summed E-state index contributed by atoms with van der Waals surface area (Å²) >= 11 is 1.62. The molecule has 0 aliphatic heterocycles. The first-order valence-corrected chi connectivity index (χ1v) is 7.06. The van der Waals surface area contributed by atoms with Gasteiger partial charge in [0.2, 0.25) is 0 Å². The first kappa shape index (κ1) is 12.1. The van der Waals surface area contributed by atoms with Crippen LogP contribution >= 0.6 is 11.3 Å². The lowest BCUT2D eigenvalue weighted by molar-refractivity contribution is -0.117. The number of rotatable bonds is 4. The minimum Gasteiger partial charge on any atom is -0.331 e. The number of hydrogen-bond acceptors (Lipinski definition) is 3. The highest BCUT2D eigenvalue weighted by Gasteiger charge is 2.12. The van der Waals surface area contributed by atoms with Crippen LogP contribution in [0.2, 0.25) is 0 Å². The predicted molar refractivity (Wildman–Crippen MR) is 77.4 cm³/mol. The Balaban J connectivity index is 1.81. The molecule has 0 unspecified atom stereocenters. The van der Waals surface area contributed by atoms with Crippen LogP contribution in [0.4, 0.5) is 0 Å². The maximum atomic E-state index is 12.1. The lowest BCUT2D eigenvalue weighted by atomic mass is 10.2. The van der Waals surface area contributed by atoms with Gasteiger partial charge in [0.05, 0.1) is 17.5 Å². The molecular weight excluding hydrogens is 256 g/mol. The summed E-state index contributed by atoms with van der Waals surface area (Å²) in [4.78, 5) is 17.7. The molecule has 0 fully saturated rings. The molecular formula is C15H14N2OS. The molecule has 2 aromatic heterocycles. The van der Waals surface area contributed by atoms with E-state index in [1.165, 1.54) is 0 Å². The largest absolute Gasteiger partial charge is 0.331 e. The number of para-hydroxylation sites is 2. The predicted octanol–water partition coefficient (Wildman–Crippen LogP) is 2.99. The second kappa shape index (κ2) is 4.97. The lowest BCUT2D eigenvalue weighted by Gasteiger charge is -2.01. The van der Waals surface area contributed by atoms with E-state index >= 15 is 0 Å². The second-order valence-corrected chi connectivity index (χ2v) is 5.58. The molecule has 3 nitrogen and oxygen atoms in total. The van der Waals surface area contributed by atoms with Crippen LogP contribution in [0.1, 0.15) is 10.7 Å². The molecule has 0 amide bonds. The molecule has 0 radical (unpaired) electrons. The van der Waals surface area contributed by atoms with Gasteiger partial charge in [-0.05, 0) is 23.6 Å². The third kappa shape index (κ3) is 2.44. The van der Waals surface area contributed by atoms with Gasteiger partial charge < -0.3 is 4.57 Å². The number of carbonyl (C=O) groups excluding carboxylic acids is 1. The highest BCUT2D eigenvalue weighted by Crippen LogP contribution is 2.16. The fourth-order valence-corrected chi connectivity index (χ4v) is 2.93. The number of imidazole rings is 1. The van der Waals surface area contributed by atoms with Crippen LogP contribution in [0.25, 0.3) is 11.0 Å². The van der Waals surface area contributed by atoms with Gasteiger partial charge in [-0.15, -0.1) is 11.3 Å². The van der Waals surface area contributed by atoms with Crippen molar-refractivity contribution in [3.05, 3.63) is 52.5 Å². The van der Waals surface area contributed by atoms with Crippen LogP contribution in [0, 0.1) is 0 Å². The van der Waals surface area contributed by atoms with Crippen molar-refractivity contribution in [2.45, 2.75) is 12.8 Å². The minimum absolute atomic E-state index is 0.209. The molecule has 0 N–H and O–H groups in total. The van der Waals surface area contributed by atoms with Crippen LogP contribution < -0.4 is 0 Å². The molecule has 1 aromatic carbocycles. The lowest BCUT2D eigenvalue weighted by Crippen LogP contribution is -2.09. The van der Waals surface area contributed by atoms with Crippen molar-refractivity contribution in [2.75, 3.05) is 0 Å². The van der Waals surface area contributed by atoms with Gasteiger partial charge in [0.1, 0.15) is 11.6 Å². The monoisotopic (exact) mass is 270 g/mol. The minimum atomic E-state index is 0.209. The van der Waals surface area contributed by atoms with E-state index in [9.17, 15) is 4.79 Å². The molecule has 96 valence electrons. The molecule has 3 aromatic rings. The highest BCUT2D eigenvalue weighted by molar-refractivity contribution is 7.10. The summed E-state index contributed by atoms with van der Waals surface area (Å²) < 4.78 is 2.00. The summed E-state index contributed by atoms with van der Waals surface area (Å²) in [6.07, 6.45) is 0.893. The number of ketones is 1. The summed E-state index contributed by atoms with van der Waals surface area (Å²) in [7, 11) is 1.96. The Morgan fingerprint density at radius 2 is 2.05 bits per heavy atom. The molecule has 0 spiro atoms. The number of benzene rings is 1. The number of thiophene rings is 1. The average Bonchev–Trinajstić information content (AvgIpc) is 3.00. The van der Waals surface area contributed by atoms with E-state index in [4.69, 9.17) is 0 Å². The van der Waals surface area contributed by atoms with E-state index in [1.54, 1.807) is 11.3 Å². The van der Waals surface area contributed by atoms with E-state index in [2.05, 4.69) is 4.98 Å². The van der Waals surface area contributed by atoms with Crippen molar-refractivity contribution in [3.8, 4) is 0 Å². The summed E-state index contributed by atoms with van der Waals surface area (Å²) in [6, 6.07) is 11.9. The number of hydrogen-bond donors (Lipinski definition) is 0. The standard InChI is InChI=1S/C15H14N2OS/c1-17-14-7-3-2-6-13(14)16-15(17)10-11(18)9-12-5-4-8-19-12/h2-8H,9-10H2,1H3. The second-order valence-electron chi connectivity index (χ2n) is 4.55. The molecule has 0 bridgehead atoms. The molecule has 2 heterocycles. The topological polar surface area (TPSA) is 34.9 Å². The van der Waals surface area contributed by atoms with Crippen molar-refractivity contribution < 1.29 is 4.79 Å². The van der Waals surface area contributed by atoms with E-state index < -0.39 is 0 Å². The summed E-state index contributed by atoms with van der Waals surface area (Å²) in [5.41, 5.74) is 2.02. The summed E-state index contributed by atoms with van der Waals surface area (Å²) in [5, 5.41) is 2.00. The summed E-state index contributed by atoms with van der Waals surface area (Å²) in [6.45, 7) is 0. The van der Waals surface area contributed by atoms with Gasteiger partial charge in [0.15, 0.2) is 0 Å². The molecule has 0 aliphatic rings. The molecule has 4 heteroatoms. The van der Waals surface area contributed by atoms with Crippen molar-refractivity contribution in [2.24, 2.45) is 7.05 Å². The van der Waals surface area contributed by atoms with E-state index in [0.717, 1.165) is 21.7 Å². The first-order chi connectivity index (χ1) is 9.24. The number of nitrogens with zero attached hydrogens (tertiary/aromatic N) is 2. The molecule has 0 saturated carbocycles. The number of aromatic nitrogens is 2. The number of fused-ring (bicyclic) bond motifs is 1. The molecule has 3 rings (SSSR count). The van der Waals surface area contributed by atoms with Crippen molar-refractivity contribution >= 4 is 28.2 Å². The maximum Gasteiger partial charge on any atom is 0.145 e. The Kier molecular flexibility index (Phi) is 3.17. The fraction of sp³-hybridized carbons (Fsp3) is 0.200. The summed E-state index contributed by atoms with van der Waals surface area (Å²) in [5.74, 6) is 1.05. The van der Waals surface area contributed by atoms with Gasteiger partial charge in [-0.3, -0.25) is 4.79 Å². The van der Waals surface area contributed by atoms with Gasteiger partial charge in [-0.25, -0.2) is 4.98 Å². The number of Topliss-reactive ketones (excluding diaryl/α,β-unsaturated/α-hetero) is 1. The molecule has 19 heavy (non-hydrogen) atoms. The third-order valence-electron chi connectivity index (χ3n) is 3.19. The molecule has 0 atom stereocenters. The highest BCUT2D eigenvalue weighted by atomic mass is 32.1. The smallest absolute Gasteiger partial charge is 0.145 e. The zero-order valence-corrected chi connectivity index (χ0v) is 11.5. The Morgan fingerprint density at radius 3 is 2.79 bits per heavy atom. The fourth-order valence-electron chi connectivity index (χ4n) is 2.20. The van der Waals surface area contributed by atoms with Gasteiger partial charge in [0.25, 0.3) is 0 Å². The first-order valence-electron chi connectivity index (χ1n) is 6.18. The zero-order valence-electron chi connectivity index (χ0n) is 10.7. The van der Waals surface area contributed by atoms with Gasteiger partial charge in [-0.1, -0.05) is 18.2 Å². The average molecular weight is 270 g/mol. The molecule has 0 aliphatic carbocycles. The van der Waals surface area contributed by atoms with E-state index in [0.29, 0.717) is 12.8 Å². The van der Waals surface area contributed by atoms with Crippen LogP contribution in [0.5, 0.6) is 0 Å². The van der Waals surface area contributed by atoms with E-state index in [1.807, 2.05) is 53.4 Å². The van der Waals surface area contributed by atoms with E-state index in [-0.39, 0.29) is 5.78 Å². The van der Waals surface area contributed by atoms with Crippen molar-refractivity contribution in [1.82, 2.24) is 9.55 Å². The SMILES string of the molecule is Cn1c(CC(=O)Cc2cccs2)nc2ccccc21. The Bertz CT molecular complexity index is 713. The van der Waals surface area contributed by atoms with Crippen LogP contribution in [-0.4, -0.2) is 15.3 Å². The van der Waals surface area contributed by atoms with Gasteiger partial charge in [0, 0.05) is 18.3 Å². The third-order valence-corrected chi connectivity index (χ3v) is 4.06. The maximum absolute atomic E-state index is 12.1. The quantitative estimate of drug-likeness (QED) is 0.730. The normalized spacial score (nSPS) is 11.0. The van der Waals surface area contributed by atoms with Crippen LogP contribution in [-0.2, 0) is 24.7 Å². The Labute approximate surface area is 115 Å². The van der Waals surface area contributed by atoms with Crippen LogP contribution in [0.3, 0.4) is 0 Å². The van der Waals surface area contributed by atoms with Crippen molar-refractivity contribution in [3.63, 3.8) is 0 Å². The Hall–Kier alpha value is -1.94. The zero-order chi connectivity index (χ0) is 13.2. The Morgan fingerprint density at radius 1 is 1.21 bits per heavy atom. The van der Waals surface area contributed by atoms with Crippen molar-refractivity contribution in [1.29, 1.82) is 0 Å². The number of aryl methyl sites for hydroxylation is 1. The van der Waals surface area contributed by atoms with Crippen LogP contribution in [0.15, 0.2) is 41.8 Å². The van der Waals surface area contributed by atoms with Gasteiger partial charge in [-0.2, -0.15) is 0 Å².